The fourth-order valence-electron chi connectivity index (χ4n) is 4.64. The average Bonchev–Trinajstić information content (AvgIpc) is 3.33. The Morgan fingerprint density at radius 1 is 0.939 bits per heavy atom. The molecule has 2 heterocycles. The number of carbonyl (C=O) groups excluding carboxylic acids is 2. The second-order valence-electron chi connectivity index (χ2n) is 8.63. The number of nitrogens with one attached hydrogen (secondary N) is 1. The van der Waals surface area contributed by atoms with Gasteiger partial charge in [0.15, 0.2) is 0 Å². The summed E-state index contributed by atoms with van der Waals surface area (Å²) in [6, 6.07) is 9.89. The van der Waals surface area contributed by atoms with Crippen LogP contribution in [0, 0.1) is 0 Å². The topological polar surface area (TPSA) is 78.7 Å². The van der Waals surface area contributed by atoms with Crippen molar-refractivity contribution in [1.82, 2.24) is 4.90 Å². The molecule has 0 atom stereocenters. The van der Waals surface area contributed by atoms with E-state index in [9.17, 15) is 22.8 Å². The van der Waals surface area contributed by atoms with Crippen LogP contribution in [0.15, 0.2) is 42.5 Å². The molecule has 2 amide bonds. The van der Waals surface area contributed by atoms with Crippen LogP contribution in [0.4, 0.5) is 24.5 Å². The number of rotatable bonds is 5. The lowest BCUT2D eigenvalue weighted by Gasteiger charge is -2.38. The summed E-state index contributed by atoms with van der Waals surface area (Å²) in [5, 5.41) is 2.57. The number of amides is 2. The van der Waals surface area contributed by atoms with Gasteiger partial charge in [-0.3, -0.25) is 9.59 Å². The maximum Gasteiger partial charge on any atom is 0.416 e. The molecule has 2 aliphatic rings. The molecule has 2 saturated heterocycles. The van der Waals surface area contributed by atoms with E-state index in [1.165, 1.54) is 37.1 Å². The molecular formula is C24H27F3N4O2. The molecule has 4 rings (SSSR count). The minimum Gasteiger partial charge on any atom is -0.371 e. The number of benzene rings is 2. The molecule has 3 N–H and O–H groups in total. The van der Waals surface area contributed by atoms with Gasteiger partial charge in [0.05, 0.1) is 5.56 Å². The Balaban J connectivity index is 1.54. The van der Waals surface area contributed by atoms with Gasteiger partial charge in [0, 0.05) is 41.6 Å². The fraction of sp³-hybridized carbons (Fsp3) is 0.417. The number of alkyl halides is 3. The van der Waals surface area contributed by atoms with E-state index >= 15 is 0 Å². The Labute approximate surface area is 190 Å². The van der Waals surface area contributed by atoms with Gasteiger partial charge in [0.2, 0.25) is 5.91 Å². The number of hydrogen-bond donors (Lipinski definition) is 2. The highest BCUT2D eigenvalue weighted by Gasteiger charge is 2.33. The van der Waals surface area contributed by atoms with Gasteiger partial charge in [-0.2, -0.15) is 13.2 Å². The smallest absolute Gasteiger partial charge is 0.371 e. The zero-order chi connectivity index (χ0) is 23.6. The number of hydrogen-bond acceptors (Lipinski definition) is 4. The third kappa shape index (κ3) is 5.47. The molecule has 2 aromatic rings. The van der Waals surface area contributed by atoms with Gasteiger partial charge in [-0.15, -0.1) is 0 Å². The number of piperidine rings is 1. The van der Waals surface area contributed by atoms with Gasteiger partial charge in [-0.05, 0) is 75.2 Å². The van der Waals surface area contributed by atoms with Crippen LogP contribution in [0.25, 0.3) is 0 Å². The van der Waals surface area contributed by atoms with Crippen molar-refractivity contribution in [3.63, 3.8) is 0 Å². The number of nitrogens with two attached hydrogens (primary N) is 1. The summed E-state index contributed by atoms with van der Waals surface area (Å²) >= 11 is 0. The molecule has 33 heavy (non-hydrogen) atoms. The lowest BCUT2D eigenvalue weighted by molar-refractivity contribution is -0.137. The summed E-state index contributed by atoms with van der Waals surface area (Å²) in [6.45, 7) is 3.47. The number of primary amides is 1. The standard InChI is InChI=1S/C24H27F3N4O2/c25-24(26,27)18-12-17(23(33)29-19-5-3-4-16(13-19)22(28)32)14-21(15-18)31-10-6-20(7-11-31)30-8-1-2-9-30/h3-5,12-15,20H,1-2,6-11H2,(H2,28,32)(H,29,33). The molecule has 2 aliphatic heterocycles. The van der Waals surface area contributed by atoms with Crippen LogP contribution in [0.3, 0.4) is 0 Å². The predicted molar refractivity (Wildman–Crippen MR) is 120 cm³/mol. The molecule has 2 aromatic carbocycles. The van der Waals surface area contributed by atoms with Crippen molar-refractivity contribution in [2.75, 3.05) is 36.4 Å². The Bertz CT molecular complexity index is 1030. The molecular weight excluding hydrogens is 433 g/mol. The second-order valence-corrected chi connectivity index (χ2v) is 8.63. The molecule has 6 nitrogen and oxygen atoms in total. The number of carbonyl (C=O) groups is 2. The van der Waals surface area contributed by atoms with Crippen molar-refractivity contribution in [2.24, 2.45) is 5.73 Å². The Morgan fingerprint density at radius 3 is 2.27 bits per heavy atom. The number of likely N-dealkylation sites (tertiary alicyclic amines) is 1. The van der Waals surface area contributed by atoms with Gasteiger partial charge in [0.1, 0.15) is 0 Å². The van der Waals surface area contributed by atoms with Crippen molar-refractivity contribution < 1.29 is 22.8 Å². The van der Waals surface area contributed by atoms with Crippen molar-refractivity contribution in [1.29, 1.82) is 0 Å². The molecule has 0 spiro atoms. The van der Waals surface area contributed by atoms with E-state index in [-0.39, 0.29) is 16.8 Å². The first-order valence-corrected chi connectivity index (χ1v) is 11.1. The van der Waals surface area contributed by atoms with Gasteiger partial charge in [-0.1, -0.05) is 6.07 Å². The minimum atomic E-state index is -4.58. The van der Waals surface area contributed by atoms with Crippen LogP contribution in [-0.4, -0.2) is 48.9 Å². The first-order chi connectivity index (χ1) is 15.7. The molecule has 176 valence electrons. The molecule has 0 bridgehead atoms. The lowest BCUT2D eigenvalue weighted by atomic mass is 10.0. The molecule has 0 unspecified atom stereocenters. The van der Waals surface area contributed by atoms with Crippen LogP contribution < -0.4 is 16.0 Å². The molecule has 0 aromatic heterocycles. The van der Waals surface area contributed by atoms with Gasteiger partial charge in [-0.25, -0.2) is 0 Å². The van der Waals surface area contributed by atoms with Crippen LogP contribution in [0.1, 0.15) is 52.0 Å². The summed E-state index contributed by atoms with van der Waals surface area (Å²) in [4.78, 5) is 28.6. The summed E-state index contributed by atoms with van der Waals surface area (Å²) in [6.07, 6.45) is -0.399. The monoisotopic (exact) mass is 460 g/mol. The predicted octanol–water partition coefficient (Wildman–Crippen LogP) is 4.12. The number of anilines is 2. The average molecular weight is 461 g/mol. The third-order valence-electron chi connectivity index (χ3n) is 6.40. The maximum atomic E-state index is 13.6. The van der Waals surface area contributed by atoms with Crippen molar-refractivity contribution in [3.05, 3.63) is 59.2 Å². The van der Waals surface area contributed by atoms with Crippen LogP contribution >= 0.6 is 0 Å². The highest BCUT2D eigenvalue weighted by Crippen LogP contribution is 2.34. The SMILES string of the molecule is NC(=O)c1cccc(NC(=O)c2cc(N3CCC(N4CCCC4)CC3)cc(C(F)(F)F)c2)c1. The Morgan fingerprint density at radius 2 is 1.64 bits per heavy atom. The van der Waals surface area contributed by atoms with Crippen LogP contribution in [0.5, 0.6) is 0 Å². The van der Waals surface area contributed by atoms with Crippen LogP contribution in [0.2, 0.25) is 0 Å². The van der Waals surface area contributed by atoms with E-state index < -0.39 is 23.6 Å². The largest absolute Gasteiger partial charge is 0.416 e. The maximum absolute atomic E-state index is 13.6. The van der Waals surface area contributed by atoms with Crippen LogP contribution in [-0.2, 0) is 6.18 Å². The summed E-state index contributed by atoms with van der Waals surface area (Å²) < 4.78 is 40.8. The molecule has 2 fully saturated rings. The van der Waals surface area contributed by atoms with Crippen molar-refractivity contribution in [3.8, 4) is 0 Å². The summed E-state index contributed by atoms with van der Waals surface area (Å²) in [5.41, 5.74) is 5.17. The van der Waals surface area contributed by atoms with E-state index in [0.717, 1.165) is 38.1 Å². The Kier molecular flexibility index (Phi) is 6.60. The number of halogens is 3. The highest BCUT2D eigenvalue weighted by atomic mass is 19.4. The molecule has 0 radical (unpaired) electrons. The second kappa shape index (κ2) is 9.43. The summed E-state index contributed by atoms with van der Waals surface area (Å²) in [5.74, 6) is -1.35. The highest BCUT2D eigenvalue weighted by molar-refractivity contribution is 6.05. The fourth-order valence-corrected chi connectivity index (χ4v) is 4.64. The van der Waals surface area contributed by atoms with Gasteiger partial charge >= 0.3 is 6.18 Å². The van der Waals surface area contributed by atoms with Gasteiger partial charge in [0.25, 0.3) is 5.91 Å². The minimum absolute atomic E-state index is 0.0917. The number of nitrogens with zero attached hydrogens (tertiary/aromatic N) is 2. The van der Waals surface area contributed by atoms with Crippen molar-refractivity contribution in [2.45, 2.75) is 37.9 Å². The van der Waals surface area contributed by atoms with E-state index in [2.05, 4.69) is 10.2 Å². The Hall–Kier alpha value is -3.07. The normalized spacial score (nSPS) is 17.8. The quantitative estimate of drug-likeness (QED) is 0.704. The van der Waals surface area contributed by atoms with E-state index in [1.54, 1.807) is 6.07 Å². The zero-order valence-corrected chi connectivity index (χ0v) is 18.2. The first kappa shape index (κ1) is 23.1. The van der Waals surface area contributed by atoms with E-state index in [1.807, 2.05) is 4.90 Å². The van der Waals surface area contributed by atoms with E-state index in [0.29, 0.717) is 24.8 Å². The molecule has 0 aliphatic carbocycles. The van der Waals surface area contributed by atoms with Crippen molar-refractivity contribution >= 4 is 23.2 Å². The molecule has 0 saturated carbocycles. The zero-order valence-electron chi connectivity index (χ0n) is 18.2. The van der Waals surface area contributed by atoms with E-state index in [4.69, 9.17) is 5.73 Å². The summed E-state index contributed by atoms with van der Waals surface area (Å²) in [7, 11) is 0. The van der Waals surface area contributed by atoms with Gasteiger partial charge < -0.3 is 20.9 Å². The third-order valence-corrected chi connectivity index (χ3v) is 6.40. The first-order valence-electron chi connectivity index (χ1n) is 11.1. The molecule has 9 heteroatoms. The lowest BCUT2D eigenvalue weighted by Crippen LogP contribution is -2.44.